The average Bonchev–Trinajstić information content (AvgIpc) is 2.99. The lowest BCUT2D eigenvalue weighted by molar-refractivity contribution is -0.131. The highest BCUT2D eigenvalue weighted by atomic mass is 35.5. The Balaban J connectivity index is 0.00000312. The Bertz CT molecular complexity index is 572. The minimum atomic E-state index is -0.431. The molecule has 1 aliphatic heterocycles. The van der Waals surface area contributed by atoms with Gasteiger partial charge in [-0.1, -0.05) is 51.1 Å². The van der Waals surface area contributed by atoms with E-state index in [1.165, 1.54) is 5.56 Å². The third kappa shape index (κ3) is 5.72. The predicted octanol–water partition coefficient (Wildman–Crippen LogP) is 2.16. The number of benzene rings is 1. The molecule has 25 heavy (non-hydrogen) atoms. The molecular formula is C19H30ClN3O2. The molecule has 2 amide bonds. The van der Waals surface area contributed by atoms with Crippen LogP contribution in [-0.2, 0) is 9.59 Å². The van der Waals surface area contributed by atoms with Gasteiger partial charge in [-0.2, -0.15) is 0 Å². The molecule has 0 bridgehead atoms. The fourth-order valence-electron chi connectivity index (χ4n) is 3.10. The fourth-order valence-corrected chi connectivity index (χ4v) is 3.10. The van der Waals surface area contributed by atoms with Gasteiger partial charge >= 0.3 is 0 Å². The standard InChI is InChI=1S/C19H29N3O2.ClH/c1-19(2,3)18(24)21-10-9-17(23)22-12-15(11-20)16(13-22)14-7-5-4-6-8-14;/h4-8,15-16H,9-13,20H2,1-3H3,(H,21,24);1H/t15-,16+;/m1./s1. The molecule has 0 saturated carbocycles. The summed E-state index contributed by atoms with van der Waals surface area (Å²) in [5.74, 6) is 0.643. The van der Waals surface area contributed by atoms with Crippen molar-refractivity contribution in [2.75, 3.05) is 26.2 Å². The first-order valence-electron chi connectivity index (χ1n) is 8.64. The highest BCUT2D eigenvalue weighted by molar-refractivity contribution is 5.85. The number of nitrogens with one attached hydrogen (secondary N) is 1. The second kappa shape index (κ2) is 9.20. The van der Waals surface area contributed by atoms with Crippen LogP contribution in [0.15, 0.2) is 30.3 Å². The first-order valence-corrected chi connectivity index (χ1v) is 8.64. The maximum atomic E-state index is 12.4. The van der Waals surface area contributed by atoms with E-state index in [-0.39, 0.29) is 24.2 Å². The van der Waals surface area contributed by atoms with Gasteiger partial charge in [-0.05, 0) is 18.0 Å². The largest absolute Gasteiger partial charge is 0.355 e. The van der Waals surface area contributed by atoms with Crippen LogP contribution in [0.1, 0.15) is 38.7 Å². The number of halogens is 1. The third-order valence-electron chi connectivity index (χ3n) is 4.63. The molecule has 0 spiro atoms. The van der Waals surface area contributed by atoms with Crippen molar-refractivity contribution in [2.24, 2.45) is 17.1 Å². The molecule has 1 aromatic carbocycles. The van der Waals surface area contributed by atoms with Crippen LogP contribution in [0.5, 0.6) is 0 Å². The number of nitrogens with two attached hydrogens (primary N) is 1. The maximum Gasteiger partial charge on any atom is 0.225 e. The highest BCUT2D eigenvalue weighted by Gasteiger charge is 2.35. The molecule has 3 N–H and O–H groups in total. The first-order chi connectivity index (χ1) is 11.3. The summed E-state index contributed by atoms with van der Waals surface area (Å²) in [4.78, 5) is 26.2. The molecule has 0 aromatic heterocycles. The summed E-state index contributed by atoms with van der Waals surface area (Å²) < 4.78 is 0. The summed E-state index contributed by atoms with van der Waals surface area (Å²) >= 11 is 0. The Morgan fingerprint density at radius 1 is 1.20 bits per heavy atom. The van der Waals surface area contributed by atoms with Gasteiger partial charge in [-0.3, -0.25) is 9.59 Å². The van der Waals surface area contributed by atoms with Crippen molar-refractivity contribution in [3.05, 3.63) is 35.9 Å². The first kappa shape index (κ1) is 21.5. The smallest absolute Gasteiger partial charge is 0.225 e. The minimum absolute atomic E-state index is 0. The van der Waals surface area contributed by atoms with Gasteiger partial charge in [0.2, 0.25) is 11.8 Å². The molecule has 2 atom stereocenters. The summed E-state index contributed by atoms with van der Waals surface area (Å²) in [5.41, 5.74) is 6.73. The van der Waals surface area contributed by atoms with Crippen molar-refractivity contribution in [1.29, 1.82) is 0 Å². The van der Waals surface area contributed by atoms with Crippen LogP contribution in [0.3, 0.4) is 0 Å². The zero-order valence-corrected chi connectivity index (χ0v) is 16.1. The number of hydrogen-bond donors (Lipinski definition) is 2. The van der Waals surface area contributed by atoms with E-state index in [9.17, 15) is 9.59 Å². The average molecular weight is 368 g/mol. The Kier molecular flexibility index (Phi) is 7.90. The lowest BCUT2D eigenvalue weighted by atomic mass is 9.89. The molecule has 1 aromatic rings. The van der Waals surface area contributed by atoms with E-state index >= 15 is 0 Å². The molecule has 2 rings (SSSR count). The molecule has 0 unspecified atom stereocenters. The van der Waals surface area contributed by atoms with Gasteiger partial charge in [0.15, 0.2) is 0 Å². The second-order valence-electron chi connectivity index (χ2n) is 7.57. The molecule has 1 heterocycles. The van der Waals surface area contributed by atoms with E-state index in [0.29, 0.717) is 44.4 Å². The number of carbonyl (C=O) groups excluding carboxylic acids is 2. The third-order valence-corrected chi connectivity index (χ3v) is 4.63. The Labute approximate surface area is 156 Å². The lowest BCUT2D eigenvalue weighted by Crippen LogP contribution is -2.38. The number of rotatable bonds is 5. The van der Waals surface area contributed by atoms with Crippen molar-refractivity contribution in [1.82, 2.24) is 10.2 Å². The second-order valence-corrected chi connectivity index (χ2v) is 7.57. The van der Waals surface area contributed by atoms with Crippen molar-refractivity contribution < 1.29 is 9.59 Å². The maximum absolute atomic E-state index is 12.4. The Morgan fingerprint density at radius 3 is 2.40 bits per heavy atom. The van der Waals surface area contributed by atoms with Crippen molar-refractivity contribution >= 4 is 24.2 Å². The van der Waals surface area contributed by atoms with E-state index in [2.05, 4.69) is 17.4 Å². The summed E-state index contributed by atoms with van der Waals surface area (Å²) in [7, 11) is 0. The highest BCUT2D eigenvalue weighted by Crippen LogP contribution is 2.32. The zero-order valence-electron chi connectivity index (χ0n) is 15.3. The van der Waals surface area contributed by atoms with E-state index in [1.807, 2.05) is 43.9 Å². The van der Waals surface area contributed by atoms with Gasteiger partial charge in [0.1, 0.15) is 0 Å². The molecule has 0 radical (unpaired) electrons. The Morgan fingerprint density at radius 2 is 1.84 bits per heavy atom. The molecular weight excluding hydrogens is 338 g/mol. The van der Waals surface area contributed by atoms with Crippen molar-refractivity contribution in [3.8, 4) is 0 Å². The van der Waals surface area contributed by atoms with Gasteiger partial charge in [-0.15, -0.1) is 12.4 Å². The van der Waals surface area contributed by atoms with E-state index in [0.717, 1.165) is 0 Å². The van der Waals surface area contributed by atoms with Gasteiger partial charge in [0.05, 0.1) is 0 Å². The lowest BCUT2D eigenvalue weighted by Gasteiger charge is -2.19. The molecule has 1 saturated heterocycles. The van der Waals surface area contributed by atoms with E-state index < -0.39 is 5.41 Å². The summed E-state index contributed by atoms with van der Waals surface area (Å²) in [6, 6.07) is 10.2. The van der Waals surface area contributed by atoms with Gasteiger partial charge in [-0.25, -0.2) is 0 Å². The summed E-state index contributed by atoms with van der Waals surface area (Å²) in [6.45, 7) is 7.95. The number of hydrogen-bond acceptors (Lipinski definition) is 3. The molecule has 5 nitrogen and oxygen atoms in total. The molecule has 6 heteroatoms. The number of amides is 2. The monoisotopic (exact) mass is 367 g/mol. The quantitative estimate of drug-likeness (QED) is 0.837. The molecule has 1 aliphatic rings. The van der Waals surface area contributed by atoms with Crippen LogP contribution >= 0.6 is 12.4 Å². The number of likely N-dealkylation sites (tertiary alicyclic amines) is 1. The fraction of sp³-hybridized carbons (Fsp3) is 0.579. The molecule has 1 fully saturated rings. The number of nitrogens with zero attached hydrogens (tertiary/aromatic N) is 1. The van der Waals surface area contributed by atoms with E-state index in [1.54, 1.807) is 0 Å². The topological polar surface area (TPSA) is 75.4 Å². The summed E-state index contributed by atoms with van der Waals surface area (Å²) in [6.07, 6.45) is 0.334. The van der Waals surface area contributed by atoms with Crippen LogP contribution in [0, 0.1) is 11.3 Å². The molecule has 140 valence electrons. The van der Waals surface area contributed by atoms with Crippen LogP contribution in [0.25, 0.3) is 0 Å². The SMILES string of the molecule is CC(C)(C)C(=O)NCCC(=O)N1C[C@@H](CN)[C@H](c2ccccc2)C1.Cl. The van der Waals surface area contributed by atoms with Crippen LogP contribution in [0.4, 0.5) is 0 Å². The minimum Gasteiger partial charge on any atom is -0.355 e. The molecule has 0 aliphatic carbocycles. The van der Waals surface area contributed by atoms with E-state index in [4.69, 9.17) is 5.73 Å². The predicted molar refractivity (Wildman–Crippen MR) is 103 cm³/mol. The zero-order chi connectivity index (χ0) is 17.7. The van der Waals surface area contributed by atoms with Gasteiger partial charge in [0, 0.05) is 37.4 Å². The van der Waals surface area contributed by atoms with Crippen LogP contribution in [0.2, 0.25) is 0 Å². The van der Waals surface area contributed by atoms with Gasteiger partial charge < -0.3 is 16.0 Å². The number of carbonyl (C=O) groups is 2. The Hall–Kier alpha value is -1.59. The van der Waals surface area contributed by atoms with Crippen LogP contribution < -0.4 is 11.1 Å². The normalized spacial score (nSPS) is 20.1. The van der Waals surface area contributed by atoms with Crippen molar-refractivity contribution in [2.45, 2.75) is 33.1 Å². The summed E-state index contributed by atoms with van der Waals surface area (Å²) in [5, 5.41) is 2.83. The van der Waals surface area contributed by atoms with Gasteiger partial charge in [0.25, 0.3) is 0 Å². The van der Waals surface area contributed by atoms with Crippen LogP contribution in [-0.4, -0.2) is 42.9 Å². The van der Waals surface area contributed by atoms with Crippen molar-refractivity contribution in [3.63, 3.8) is 0 Å².